The van der Waals surface area contributed by atoms with Crippen molar-refractivity contribution in [1.29, 1.82) is 0 Å². The van der Waals surface area contributed by atoms with E-state index in [4.69, 9.17) is 5.11 Å². The molecular formula is C18H17FO2. The van der Waals surface area contributed by atoms with E-state index in [9.17, 15) is 9.18 Å². The Morgan fingerprint density at radius 1 is 1.14 bits per heavy atom. The first-order valence-corrected chi connectivity index (χ1v) is 6.78. The summed E-state index contributed by atoms with van der Waals surface area (Å²) in [4.78, 5) is 12.5. The van der Waals surface area contributed by atoms with Gasteiger partial charge in [-0.15, -0.1) is 0 Å². The van der Waals surface area contributed by atoms with Crippen LogP contribution in [0.15, 0.2) is 54.6 Å². The molecule has 0 saturated heterocycles. The number of rotatable bonds is 5. The van der Waals surface area contributed by atoms with Gasteiger partial charge in [-0.2, -0.15) is 0 Å². The van der Waals surface area contributed by atoms with E-state index in [1.54, 1.807) is 12.1 Å². The first-order valence-electron chi connectivity index (χ1n) is 6.78. The summed E-state index contributed by atoms with van der Waals surface area (Å²) in [7, 11) is 0. The lowest BCUT2D eigenvalue weighted by Gasteiger charge is -2.09. The van der Waals surface area contributed by atoms with Crippen molar-refractivity contribution in [3.8, 4) is 0 Å². The van der Waals surface area contributed by atoms with Gasteiger partial charge < -0.3 is 5.11 Å². The fourth-order valence-electron chi connectivity index (χ4n) is 2.19. The molecule has 0 fully saturated rings. The summed E-state index contributed by atoms with van der Waals surface area (Å²) in [5.41, 5.74) is 3.04. The SMILES string of the molecule is Cc1c(CC=CCO)cccc1C(=O)c1ccc(F)cc1. The lowest BCUT2D eigenvalue weighted by Crippen LogP contribution is -2.05. The standard InChI is InChI=1S/C18H17FO2/c1-13-14(5-2-3-12-20)6-4-7-17(13)18(21)15-8-10-16(19)11-9-15/h2-4,6-11,20H,5,12H2,1H3. The van der Waals surface area contributed by atoms with Crippen molar-refractivity contribution in [3.63, 3.8) is 0 Å². The maximum atomic E-state index is 12.9. The highest BCUT2D eigenvalue weighted by atomic mass is 19.1. The Morgan fingerprint density at radius 3 is 2.52 bits per heavy atom. The number of hydrogen-bond acceptors (Lipinski definition) is 2. The molecule has 0 aliphatic carbocycles. The van der Waals surface area contributed by atoms with Crippen LogP contribution in [-0.4, -0.2) is 17.5 Å². The maximum Gasteiger partial charge on any atom is 0.193 e. The van der Waals surface area contributed by atoms with E-state index < -0.39 is 0 Å². The summed E-state index contributed by atoms with van der Waals surface area (Å²) in [5, 5.41) is 8.76. The number of allylic oxidation sites excluding steroid dienone is 1. The first-order chi connectivity index (χ1) is 10.1. The average molecular weight is 284 g/mol. The van der Waals surface area contributed by atoms with Crippen molar-refractivity contribution in [1.82, 2.24) is 0 Å². The van der Waals surface area contributed by atoms with Crippen LogP contribution in [0.25, 0.3) is 0 Å². The molecule has 3 heteroatoms. The van der Waals surface area contributed by atoms with Gasteiger partial charge in [-0.1, -0.05) is 30.4 Å². The van der Waals surface area contributed by atoms with Crippen LogP contribution in [0, 0.1) is 12.7 Å². The van der Waals surface area contributed by atoms with Gasteiger partial charge in [0, 0.05) is 11.1 Å². The molecule has 2 aromatic rings. The van der Waals surface area contributed by atoms with Gasteiger partial charge in [-0.3, -0.25) is 4.79 Å². The second kappa shape index (κ2) is 6.95. The first kappa shape index (κ1) is 15.1. The molecule has 0 spiro atoms. The van der Waals surface area contributed by atoms with Crippen LogP contribution in [0.1, 0.15) is 27.0 Å². The monoisotopic (exact) mass is 284 g/mol. The van der Waals surface area contributed by atoms with Gasteiger partial charge >= 0.3 is 0 Å². The van der Waals surface area contributed by atoms with Gasteiger partial charge in [0.2, 0.25) is 0 Å². The molecule has 0 aromatic heterocycles. The van der Waals surface area contributed by atoms with Gasteiger partial charge in [0.15, 0.2) is 5.78 Å². The molecule has 0 aliphatic rings. The van der Waals surface area contributed by atoms with Gasteiger partial charge in [-0.05, 0) is 48.7 Å². The molecular weight excluding hydrogens is 267 g/mol. The minimum absolute atomic E-state index is 0.00719. The van der Waals surface area contributed by atoms with Crippen molar-refractivity contribution in [3.05, 3.63) is 82.7 Å². The Morgan fingerprint density at radius 2 is 1.86 bits per heavy atom. The highest BCUT2D eigenvalue weighted by Crippen LogP contribution is 2.19. The number of carbonyl (C=O) groups is 1. The number of halogens is 1. The smallest absolute Gasteiger partial charge is 0.193 e. The molecule has 1 N–H and O–H groups in total. The molecule has 2 aromatic carbocycles. The molecule has 21 heavy (non-hydrogen) atoms. The molecule has 2 rings (SSSR count). The highest BCUT2D eigenvalue weighted by Gasteiger charge is 2.13. The molecule has 108 valence electrons. The van der Waals surface area contributed by atoms with Crippen molar-refractivity contribution in [2.75, 3.05) is 6.61 Å². The van der Waals surface area contributed by atoms with Crippen LogP contribution < -0.4 is 0 Å². The lowest BCUT2D eigenvalue weighted by molar-refractivity contribution is 0.103. The summed E-state index contributed by atoms with van der Waals surface area (Å²) in [5.74, 6) is -0.466. The normalized spacial score (nSPS) is 11.0. The Balaban J connectivity index is 2.31. The van der Waals surface area contributed by atoms with Crippen molar-refractivity contribution in [2.45, 2.75) is 13.3 Å². The molecule has 0 aliphatic heterocycles. The third kappa shape index (κ3) is 3.64. The van der Waals surface area contributed by atoms with E-state index in [1.165, 1.54) is 24.3 Å². The molecule has 0 heterocycles. The second-order valence-electron chi connectivity index (χ2n) is 4.78. The summed E-state index contributed by atoms with van der Waals surface area (Å²) in [6.07, 6.45) is 4.21. The fraction of sp³-hybridized carbons (Fsp3) is 0.167. The summed E-state index contributed by atoms with van der Waals surface area (Å²) in [6, 6.07) is 11.1. The molecule has 0 atom stereocenters. The third-order valence-corrected chi connectivity index (χ3v) is 3.41. The van der Waals surface area contributed by atoms with E-state index in [0.717, 1.165) is 11.1 Å². The molecule has 2 nitrogen and oxygen atoms in total. The minimum atomic E-state index is -0.355. The Labute approximate surface area is 123 Å². The third-order valence-electron chi connectivity index (χ3n) is 3.41. The van der Waals surface area contributed by atoms with E-state index in [-0.39, 0.29) is 18.2 Å². The summed E-state index contributed by atoms with van der Waals surface area (Å²) >= 11 is 0. The van der Waals surface area contributed by atoms with Gasteiger partial charge in [-0.25, -0.2) is 4.39 Å². The van der Waals surface area contributed by atoms with Crippen LogP contribution in [0.4, 0.5) is 4.39 Å². The largest absolute Gasteiger partial charge is 0.392 e. The Hall–Kier alpha value is -2.26. The fourth-order valence-corrected chi connectivity index (χ4v) is 2.19. The zero-order valence-electron chi connectivity index (χ0n) is 11.8. The van der Waals surface area contributed by atoms with E-state index in [1.807, 2.05) is 25.1 Å². The van der Waals surface area contributed by atoms with Crippen molar-refractivity contribution < 1.29 is 14.3 Å². The van der Waals surface area contributed by atoms with E-state index in [0.29, 0.717) is 17.5 Å². The summed E-state index contributed by atoms with van der Waals surface area (Å²) < 4.78 is 12.9. The maximum absolute atomic E-state index is 12.9. The molecule has 0 amide bonds. The van der Waals surface area contributed by atoms with E-state index >= 15 is 0 Å². The number of carbonyl (C=O) groups excluding carboxylic acids is 1. The molecule has 0 saturated carbocycles. The highest BCUT2D eigenvalue weighted by molar-refractivity contribution is 6.10. The van der Waals surface area contributed by atoms with Crippen molar-refractivity contribution >= 4 is 5.78 Å². The van der Waals surface area contributed by atoms with Crippen LogP contribution in [-0.2, 0) is 6.42 Å². The Kier molecular flexibility index (Phi) is 5.01. The molecule has 0 radical (unpaired) electrons. The number of hydrogen-bond donors (Lipinski definition) is 1. The number of ketones is 1. The zero-order valence-corrected chi connectivity index (χ0v) is 11.8. The topological polar surface area (TPSA) is 37.3 Å². The number of aliphatic hydroxyl groups is 1. The molecule has 0 unspecified atom stereocenters. The minimum Gasteiger partial charge on any atom is -0.392 e. The quantitative estimate of drug-likeness (QED) is 0.674. The Bertz CT molecular complexity index is 657. The van der Waals surface area contributed by atoms with Crippen LogP contribution in [0.2, 0.25) is 0 Å². The number of benzene rings is 2. The zero-order chi connectivity index (χ0) is 15.2. The second-order valence-corrected chi connectivity index (χ2v) is 4.78. The number of aliphatic hydroxyl groups excluding tert-OH is 1. The van der Waals surface area contributed by atoms with Gasteiger partial charge in [0.1, 0.15) is 5.82 Å². The lowest BCUT2D eigenvalue weighted by atomic mass is 9.94. The predicted molar refractivity (Wildman–Crippen MR) is 80.9 cm³/mol. The summed E-state index contributed by atoms with van der Waals surface area (Å²) in [6.45, 7) is 1.91. The van der Waals surface area contributed by atoms with Crippen molar-refractivity contribution in [2.24, 2.45) is 0 Å². The van der Waals surface area contributed by atoms with Crippen LogP contribution >= 0.6 is 0 Å². The van der Waals surface area contributed by atoms with E-state index in [2.05, 4.69) is 0 Å². The average Bonchev–Trinajstić information content (AvgIpc) is 2.49. The predicted octanol–water partition coefficient (Wildman–Crippen LogP) is 3.46. The van der Waals surface area contributed by atoms with Gasteiger partial charge in [0.25, 0.3) is 0 Å². The molecule has 0 bridgehead atoms. The van der Waals surface area contributed by atoms with Gasteiger partial charge in [0.05, 0.1) is 6.61 Å². The van der Waals surface area contributed by atoms with Crippen LogP contribution in [0.3, 0.4) is 0 Å². The van der Waals surface area contributed by atoms with Crippen LogP contribution in [0.5, 0.6) is 0 Å².